The quantitative estimate of drug-likeness (QED) is 0.340. The predicted molar refractivity (Wildman–Crippen MR) is 136 cm³/mol. The van der Waals surface area contributed by atoms with Crippen LogP contribution < -0.4 is 16.3 Å². The third-order valence-corrected chi connectivity index (χ3v) is 5.84. The maximum Gasteiger partial charge on any atom is 0.412 e. The van der Waals surface area contributed by atoms with Gasteiger partial charge in [-0.05, 0) is 37.0 Å². The largest absolute Gasteiger partial charge is 0.449 e. The van der Waals surface area contributed by atoms with Crippen molar-refractivity contribution in [1.82, 2.24) is 9.55 Å². The van der Waals surface area contributed by atoms with Crippen molar-refractivity contribution in [2.45, 2.75) is 70.3 Å². The average Bonchev–Trinajstić information content (AvgIpc) is 3.09. The SMILES string of the molecule is CC(C)COC(=O)Nc1ccn([C@@H]2O[C@H](CC(=O)CCCCC(=O)Nc3ccccc3)[C@@H](O)C2(F)F)c(=O)n1. The number of Topliss-reactive ketones (excluding diaryl/α,β-unsaturated/α-hetero) is 1. The van der Waals surface area contributed by atoms with Gasteiger partial charge in [-0.25, -0.2) is 9.59 Å². The second kappa shape index (κ2) is 13.4. The molecule has 2 amide bonds. The van der Waals surface area contributed by atoms with E-state index in [4.69, 9.17) is 9.47 Å². The zero-order valence-electron chi connectivity index (χ0n) is 21.6. The lowest BCUT2D eigenvalue weighted by atomic mass is 10.0. The first kappa shape index (κ1) is 29.8. The van der Waals surface area contributed by atoms with Crippen molar-refractivity contribution < 1.29 is 37.7 Å². The van der Waals surface area contributed by atoms with Crippen LogP contribution in [0.5, 0.6) is 0 Å². The number of nitrogens with zero attached hydrogens (tertiary/aromatic N) is 2. The maximum absolute atomic E-state index is 14.8. The van der Waals surface area contributed by atoms with Crippen LogP contribution in [0.15, 0.2) is 47.4 Å². The standard InChI is InChI=1S/C26H32F2N4O7/c1-16(2)15-38-25(37)31-20-12-13-32(24(36)30-20)23-26(27,28)22(35)19(39-23)14-18(33)10-6-7-11-21(34)29-17-8-4-3-5-9-17/h3-5,8-9,12-13,16,19,22-23,35H,6-7,10-11,14-15H2,1-2H3,(H,29,34)(H,30,31,36,37)/t19-,22-,23-/m1/s1. The molecule has 0 unspecified atom stereocenters. The third-order valence-electron chi connectivity index (χ3n) is 5.84. The van der Waals surface area contributed by atoms with Crippen LogP contribution in [0.25, 0.3) is 0 Å². The van der Waals surface area contributed by atoms with Gasteiger partial charge in [0.1, 0.15) is 17.7 Å². The van der Waals surface area contributed by atoms with Crippen LogP contribution in [0.1, 0.15) is 52.2 Å². The molecule has 212 valence electrons. The fourth-order valence-corrected chi connectivity index (χ4v) is 3.86. The minimum atomic E-state index is -3.89. The average molecular weight is 551 g/mol. The summed E-state index contributed by atoms with van der Waals surface area (Å²) in [6.45, 7) is 3.79. The minimum absolute atomic E-state index is 0.0101. The van der Waals surface area contributed by atoms with Crippen LogP contribution in [0.3, 0.4) is 0 Å². The van der Waals surface area contributed by atoms with Crippen molar-refractivity contribution in [3.63, 3.8) is 0 Å². The first-order valence-electron chi connectivity index (χ1n) is 12.6. The molecule has 0 bridgehead atoms. The molecule has 11 nitrogen and oxygen atoms in total. The lowest BCUT2D eigenvalue weighted by Crippen LogP contribution is -2.41. The van der Waals surface area contributed by atoms with Gasteiger partial charge in [0.05, 0.1) is 12.7 Å². The Hall–Kier alpha value is -3.71. The first-order valence-corrected chi connectivity index (χ1v) is 12.6. The molecule has 3 N–H and O–H groups in total. The number of unbranched alkanes of at least 4 members (excludes halogenated alkanes) is 1. The summed E-state index contributed by atoms with van der Waals surface area (Å²) < 4.78 is 40.3. The van der Waals surface area contributed by atoms with E-state index in [9.17, 15) is 33.1 Å². The highest BCUT2D eigenvalue weighted by Gasteiger charge is 2.59. The molecule has 1 aliphatic rings. The number of carbonyl (C=O) groups excluding carboxylic acids is 3. The van der Waals surface area contributed by atoms with Gasteiger partial charge in [-0.3, -0.25) is 19.5 Å². The molecular weight excluding hydrogens is 518 g/mol. The number of ketones is 1. The number of aliphatic hydroxyl groups is 1. The Kier molecular flexibility index (Phi) is 10.2. The number of rotatable bonds is 12. The van der Waals surface area contributed by atoms with Crippen LogP contribution in [-0.4, -0.2) is 57.2 Å². The fraction of sp³-hybridized carbons (Fsp3) is 0.500. The summed E-state index contributed by atoms with van der Waals surface area (Å²) in [5.74, 6) is -4.66. The number of alkyl halides is 2. The van der Waals surface area contributed by atoms with Gasteiger partial charge in [-0.2, -0.15) is 13.8 Å². The van der Waals surface area contributed by atoms with Crippen LogP contribution in [0, 0.1) is 5.92 Å². The molecule has 0 radical (unpaired) electrons. The highest BCUT2D eigenvalue weighted by atomic mass is 19.3. The van der Waals surface area contributed by atoms with E-state index in [1.165, 1.54) is 0 Å². The van der Waals surface area contributed by atoms with Gasteiger partial charge in [0.15, 0.2) is 0 Å². The van der Waals surface area contributed by atoms with Crippen molar-refractivity contribution in [1.29, 1.82) is 0 Å². The third kappa shape index (κ3) is 8.39. The Bertz CT molecular complexity index is 1210. The van der Waals surface area contributed by atoms with Crippen LogP contribution in [-0.2, 0) is 19.1 Å². The van der Waals surface area contributed by atoms with Crippen molar-refractivity contribution in [2.24, 2.45) is 5.92 Å². The van der Waals surface area contributed by atoms with Crippen LogP contribution in [0.4, 0.5) is 25.1 Å². The van der Waals surface area contributed by atoms with Crippen molar-refractivity contribution in [3.05, 3.63) is 53.1 Å². The fourth-order valence-electron chi connectivity index (χ4n) is 3.86. The Labute approximate surface area is 223 Å². The molecule has 2 heterocycles. The van der Waals surface area contributed by atoms with Gasteiger partial charge in [0.25, 0.3) is 0 Å². The molecular formula is C26H32F2N4O7. The number of anilines is 2. The lowest BCUT2D eigenvalue weighted by Gasteiger charge is -2.21. The molecule has 1 fully saturated rings. The summed E-state index contributed by atoms with van der Waals surface area (Å²) in [5, 5.41) is 15.1. The van der Waals surface area contributed by atoms with Crippen molar-refractivity contribution in [2.75, 3.05) is 17.2 Å². The normalized spacial score (nSPS) is 20.0. The molecule has 1 aliphatic heterocycles. The first-order chi connectivity index (χ1) is 18.5. The van der Waals surface area contributed by atoms with E-state index in [1.807, 2.05) is 19.9 Å². The summed E-state index contributed by atoms with van der Waals surface area (Å²) in [7, 11) is 0. The Morgan fingerprint density at radius 2 is 1.82 bits per heavy atom. The number of carbonyl (C=O) groups is 3. The maximum atomic E-state index is 14.8. The number of aromatic nitrogens is 2. The monoisotopic (exact) mass is 550 g/mol. The summed E-state index contributed by atoms with van der Waals surface area (Å²) in [5.41, 5.74) is -0.500. The molecule has 3 atom stereocenters. The van der Waals surface area contributed by atoms with E-state index in [-0.39, 0.29) is 37.1 Å². The van der Waals surface area contributed by atoms with E-state index in [2.05, 4.69) is 15.6 Å². The van der Waals surface area contributed by atoms with Gasteiger partial charge in [0, 0.05) is 31.1 Å². The number of hydrogen-bond donors (Lipinski definition) is 3. The van der Waals surface area contributed by atoms with E-state index < -0.39 is 48.3 Å². The molecule has 2 aromatic rings. The molecule has 0 saturated carbocycles. The van der Waals surface area contributed by atoms with Gasteiger partial charge < -0.3 is 19.9 Å². The molecule has 3 rings (SSSR count). The predicted octanol–water partition coefficient (Wildman–Crippen LogP) is 3.50. The van der Waals surface area contributed by atoms with Gasteiger partial charge >= 0.3 is 17.7 Å². The number of nitrogens with one attached hydrogen (secondary N) is 2. The van der Waals surface area contributed by atoms with E-state index in [1.54, 1.807) is 24.3 Å². The number of amides is 2. The van der Waals surface area contributed by atoms with Crippen molar-refractivity contribution in [3.8, 4) is 0 Å². The molecule has 1 aromatic carbocycles. The summed E-state index contributed by atoms with van der Waals surface area (Å²) in [6, 6.07) is 10.00. The molecule has 0 aliphatic carbocycles. The molecule has 0 spiro atoms. The van der Waals surface area contributed by atoms with Gasteiger partial charge in [-0.1, -0.05) is 32.0 Å². The smallest absolute Gasteiger partial charge is 0.412 e. The number of hydrogen-bond acceptors (Lipinski definition) is 8. The van der Waals surface area contributed by atoms with Crippen LogP contribution in [0.2, 0.25) is 0 Å². The summed E-state index contributed by atoms with van der Waals surface area (Å²) in [6.07, 6.45) is -5.54. The van der Waals surface area contributed by atoms with E-state index >= 15 is 0 Å². The number of para-hydroxylation sites is 1. The topological polar surface area (TPSA) is 149 Å². The molecule has 39 heavy (non-hydrogen) atoms. The van der Waals surface area contributed by atoms with Gasteiger partial charge in [-0.15, -0.1) is 0 Å². The highest BCUT2D eigenvalue weighted by Crippen LogP contribution is 2.43. The lowest BCUT2D eigenvalue weighted by molar-refractivity contribution is -0.141. The zero-order chi connectivity index (χ0) is 28.6. The minimum Gasteiger partial charge on any atom is -0.449 e. The Balaban J connectivity index is 1.50. The Morgan fingerprint density at radius 3 is 2.49 bits per heavy atom. The Morgan fingerprint density at radius 1 is 1.13 bits per heavy atom. The van der Waals surface area contributed by atoms with E-state index in [0.717, 1.165) is 12.3 Å². The second-order valence-corrected chi connectivity index (χ2v) is 9.63. The summed E-state index contributed by atoms with van der Waals surface area (Å²) >= 11 is 0. The van der Waals surface area contributed by atoms with Crippen molar-refractivity contribution >= 4 is 29.3 Å². The summed E-state index contributed by atoms with van der Waals surface area (Å²) in [4.78, 5) is 52.1. The number of benzene rings is 1. The number of halogens is 2. The number of aliphatic hydroxyl groups excluding tert-OH is 1. The van der Waals surface area contributed by atoms with Crippen LogP contribution >= 0.6 is 0 Å². The molecule has 13 heteroatoms. The second-order valence-electron chi connectivity index (χ2n) is 9.63. The van der Waals surface area contributed by atoms with E-state index in [0.29, 0.717) is 23.1 Å². The zero-order valence-corrected chi connectivity index (χ0v) is 21.6. The molecule has 1 saturated heterocycles. The molecule has 1 aromatic heterocycles. The van der Waals surface area contributed by atoms with Gasteiger partial charge in [0.2, 0.25) is 12.1 Å². The highest BCUT2D eigenvalue weighted by molar-refractivity contribution is 5.90. The number of ether oxygens (including phenoxy) is 2.